The molecule has 0 saturated carbocycles. The lowest BCUT2D eigenvalue weighted by molar-refractivity contribution is 0.463. The zero-order chi connectivity index (χ0) is 23.1. The fourth-order valence-electron chi connectivity index (χ4n) is 3.11. The summed E-state index contributed by atoms with van der Waals surface area (Å²) in [5.74, 6) is 0.589. The molecule has 164 valence electrons. The Balaban J connectivity index is 0.000000182. The number of hydrogen-bond acceptors (Lipinski definition) is 3. The molecule has 0 aliphatic carbocycles. The summed E-state index contributed by atoms with van der Waals surface area (Å²) < 4.78 is 0. The Morgan fingerprint density at radius 2 is 0.844 bits per heavy atom. The number of aromatic hydroxyl groups is 3. The van der Waals surface area contributed by atoms with Crippen LogP contribution >= 0.6 is 34.8 Å². The molecule has 0 unspecified atom stereocenters. The van der Waals surface area contributed by atoms with Crippen LogP contribution in [0.25, 0.3) is 0 Å². The van der Waals surface area contributed by atoms with Gasteiger partial charge in [0.2, 0.25) is 0 Å². The third-order valence-corrected chi connectivity index (χ3v) is 5.45. The average Bonchev–Trinajstić information content (AvgIpc) is 2.77. The SMILES string of the molecule is Oc1ccc(Cl)cc1Cc1cc(Cl)ccc1O.Oc1ccc(Cl)cc1Cc1ccccc1. The van der Waals surface area contributed by atoms with Gasteiger partial charge in [-0.1, -0.05) is 65.1 Å². The van der Waals surface area contributed by atoms with Crippen molar-refractivity contribution in [3.63, 3.8) is 0 Å². The van der Waals surface area contributed by atoms with Gasteiger partial charge in [-0.25, -0.2) is 0 Å². The van der Waals surface area contributed by atoms with Gasteiger partial charge in [-0.2, -0.15) is 0 Å². The highest BCUT2D eigenvalue weighted by molar-refractivity contribution is 6.31. The molecule has 0 aliphatic rings. The Morgan fingerprint density at radius 3 is 1.25 bits per heavy atom. The maximum absolute atomic E-state index is 9.68. The molecule has 0 saturated heterocycles. The van der Waals surface area contributed by atoms with Gasteiger partial charge >= 0.3 is 0 Å². The van der Waals surface area contributed by atoms with Crippen molar-refractivity contribution in [3.05, 3.63) is 122 Å². The summed E-state index contributed by atoms with van der Waals surface area (Å²) in [5, 5.41) is 30.7. The summed E-state index contributed by atoms with van der Waals surface area (Å²) >= 11 is 17.6. The summed E-state index contributed by atoms with van der Waals surface area (Å²) in [4.78, 5) is 0. The zero-order valence-corrected chi connectivity index (χ0v) is 19.2. The summed E-state index contributed by atoms with van der Waals surface area (Å²) in [6, 6.07) is 24.7. The van der Waals surface area contributed by atoms with Crippen LogP contribution in [0.1, 0.15) is 22.3 Å². The molecule has 0 aromatic heterocycles. The number of hydrogen-bond donors (Lipinski definition) is 3. The third kappa shape index (κ3) is 6.83. The predicted octanol–water partition coefficient (Wildman–Crippen LogP) is 7.63. The normalized spacial score (nSPS) is 10.3. The second-order valence-corrected chi connectivity index (χ2v) is 8.47. The largest absolute Gasteiger partial charge is 0.508 e. The van der Waals surface area contributed by atoms with Crippen LogP contribution in [0.4, 0.5) is 0 Å². The average molecular weight is 488 g/mol. The Bertz CT molecular complexity index is 1140. The van der Waals surface area contributed by atoms with Crippen LogP contribution in [-0.4, -0.2) is 15.3 Å². The molecule has 0 bridgehead atoms. The molecular formula is C26H21Cl3O3. The second-order valence-electron chi connectivity index (χ2n) is 7.16. The van der Waals surface area contributed by atoms with Crippen LogP contribution in [0.3, 0.4) is 0 Å². The second kappa shape index (κ2) is 11.1. The molecular weight excluding hydrogens is 467 g/mol. The summed E-state index contributed by atoms with van der Waals surface area (Å²) in [6.07, 6.45) is 1.08. The lowest BCUT2D eigenvalue weighted by atomic mass is 10.0. The Kier molecular flexibility index (Phi) is 8.29. The van der Waals surface area contributed by atoms with E-state index in [4.69, 9.17) is 34.8 Å². The number of phenolic OH excluding ortho intramolecular Hbond substituents is 3. The van der Waals surface area contributed by atoms with E-state index in [2.05, 4.69) is 0 Å². The first kappa shape index (κ1) is 23.8. The van der Waals surface area contributed by atoms with E-state index in [1.807, 2.05) is 30.3 Å². The van der Waals surface area contributed by atoms with E-state index in [9.17, 15) is 15.3 Å². The molecule has 3 nitrogen and oxygen atoms in total. The minimum Gasteiger partial charge on any atom is -0.508 e. The van der Waals surface area contributed by atoms with Gasteiger partial charge in [0, 0.05) is 27.9 Å². The topological polar surface area (TPSA) is 60.7 Å². The van der Waals surface area contributed by atoms with Crippen molar-refractivity contribution in [1.29, 1.82) is 0 Å². The van der Waals surface area contributed by atoms with Gasteiger partial charge < -0.3 is 15.3 Å². The van der Waals surface area contributed by atoms with Gasteiger partial charge in [-0.15, -0.1) is 0 Å². The van der Waals surface area contributed by atoms with Crippen molar-refractivity contribution in [1.82, 2.24) is 0 Å². The van der Waals surface area contributed by atoms with Crippen LogP contribution < -0.4 is 0 Å². The molecule has 3 N–H and O–H groups in total. The lowest BCUT2D eigenvalue weighted by Crippen LogP contribution is -1.90. The minimum absolute atomic E-state index is 0.147. The zero-order valence-electron chi connectivity index (χ0n) is 17.0. The summed E-state index contributed by atoms with van der Waals surface area (Å²) in [7, 11) is 0. The molecule has 6 heteroatoms. The quantitative estimate of drug-likeness (QED) is 0.277. The molecule has 32 heavy (non-hydrogen) atoms. The number of benzene rings is 4. The Hall–Kier alpha value is -2.85. The summed E-state index contributed by atoms with van der Waals surface area (Å²) in [5.41, 5.74) is 3.31. The third-order valence-electron chi connectivity index (χ3n) is 4.74. The fraction of sp³-hybridized carbons (Fsp3) is 0.0769. The highest BCUT2D eigenvalue weighted by Crippen LogP contribution is 2.29. The van der Waals surface area contributed by atoms with Crippen molar-refractivity contribution in [3.8, 4) is 17.2 Å². The van der Waals surface area contributed by atoms with Gasteiger partial charge in [0.1, 0.15) is 17.2 Å². The van der Waals surface area contributed by atoms with Gasteiger partial charge in [0.15, 0.2) is 0 Å². The van der Waals surface area contributed by atoms with Crippen molar-refractivity contribution < 1.29 is 15.3 Å². The van der Waals surface area contributed by atoms with E-state index in [1.54, 1.807) is 42.5 Å². The molecule has 0 spiro atoms. The van der Waals surface area contributed by atoms with E-state index < -0.39 is 0 Å². The molecule has 4 aromatic carbocycles. The minimum atomic E-state index is 0.147. The molecule has 0 fully saturated rings. The molecule has 0 amide bonds. The maximum Gasteiger partial charge on any atom is 0.119 e. The smallest absolute Gasteiger partial charge is 0.119 e. The summed E-state index contributed by atoms with van der Waals surface area (Å²) in [6.45, 7) is 0. The molecule has 0 atom stereocenters. The van der Waals surface area contributed by atoms with Crippen molar-refractivity contribution in [2.45, 2.75) is 12.8 Å². The van der Waals surface area contributed by atoms with Gasteiger partial charge in [-0.05, 0) is 76.9 Å². The number of phenols is 3. The first-order valence-electron chi connectivity index (χ1n) is 9.78. The lowest BCUT2D eigenvalue weighted by Gasteiger charge is -2.07. The first-order valence-corrected chi connectivity index (χ1v) is 10.9. The number of halogens is 3. The van der Waals surface area contributed by atoms with Crippen LogP contribution in [-0.2, 0) is 12.8 Å². The van der Waals surface area contributed by atoms with E-state index >= 15 is 0 Å². The molecule has 4 aromatic rings. The molecule has 0 aliphatic heterocycles. The van der Waals surface area contributed by atoms with E-state index in [0.717, 1.165) is 11.1 Å². The van der Waals surface area contributed by atoms with Gasteiger partial charge in [0.05, 0.1) is 0 Å². The van der Waals surface area contributed by atoms with E-state index in [1.165, 1.54) is 12.1 Å². The van der Waals surface area contributed by atoms with Gasteiger partial charge in [-0.3, -0.25) is 0 Å². The van der Waals surface area contributed by atoms with Crippen LogP contribution in [0.5, 0.6) is 17.2 Å². The monoisotopic (exact) mass is 486 g/mol. The molecule has 0 radical (unpaired) electrons. The van der Waals surface area contributed by atoms with Gasteiger partial charge in [0.25, 0.3) is 0 Å². The van der Waals surface area contributed by atoms with Crippen LogP contribution in [0, 0.1) is 0 Å². The van der Waals surface area contributed by atoms with E-state index in [0.29, 0.717) is 44.8 Å². The fourth-order valence-corrected chi connectivity index (χ4v) is 3.69. The van der Waals surface area contributed by atoms with Crippen LogP contribution in [0.15, 0.2) is 84.9 Å². The van der Waals surface area contributed by atoms with Crippen molar-refractivity contribution >= 4 is 34.8 Å². The van der Waals surface area contributed by atoms with Crippen molar-refractivity contribution in [2.75, 3.05) is 0 Å². The Labute approximate surface area is 202 Å². The highest BCUT2D eigenvalue weighted by Gasteiger charge is 2.08. The van der Waals surface area contributed by atoms with E-state index in [-0.39, 0.29) is 11.5 Å². The standard InChI is InChI=1S/C13H10Cl2O2.C13H11ClO/c14-10-1-3-12(16)8(6-10)5-9-7-11(15)2-4-13(9)17;14-12-6-7-13(15)11(9-12)8-10-4-2-1-3-5-10/h1-4,6-7,16-17H,5H2;1-7,9,15H,8H2. The molecule has 0 heterocycles. The Morgan fingerprint density at radius 1 is 0.469 bits per heavy atom. The molecule has 4 rings (SSSR count). The van der Waals surface area contributed by atoms with Crippen LogP contribution in [0.2, 0.25) is 15.1 Å². The maximum atomic E-state index is 9.68. The first-order chi connectivity index (χ1) is 15.3. The number of rotatable bonds is 4. The highest BCUT2D eigenvalue weighted by atomic mass is 35.5. The van der Waals surface area contributed by atoms with Crippen molar-refractivity contribution in [2.24, 2.45) is 0 Å². The predicted molar refractivity (Wildman–Crippen MR) is 131 cm³/mol.